The van der Waals surface area contributed by atoms with Crippen molar-refractivity contribution in [2.75, 3.05) is 6.54 Å². The first kappa shape index (κ1) is 13.4. The molecular formula is C17H19NOS. The zero-order valence-electron chi connectivity index (χ0n) is 11.8. The van der Waals surface area contributed by atoms with Crippen LogP contribution in [0.25, 0.3) is 11.0 Å². The number of aryl methyl sites for hydroxylation is 1. The van der Waals surface area contributed by atoms with E-state index in [1.165, 1.54) is 16.5 Å². The second-order valence-corrected chi connectivity index (χ2v) is 5.87. The van der Waals surface area contributed by atoms with Crippen molar-refractivity contribution in [1.29, 1.82) is 0 Å². The minimum atomic E-state index is 0.146. The first-order valence-corrected chi connectivity index (χ1v) is 7.98. The Morgan fingerprint density at radius 3 is 2.90 bits per heavy atom. The normalized spacial score (nSPS) is 12.9. The van der Waals surface area contributed by atoms with Gasteiger partial charge in [-0.1, -0.05) is 25.1 Å². The van der Waals surface area contributed by atoms with Gasteiger partial charge in [-0.15, -0.1) is 0 Å². The van der Waals surface area contributed by atoms with Crippen molar-refractivity contribution in [3.8, 4) is 0 Å². The number of para-hydroxylation sites is 1. The summed E-state index contributed by atoms with van der Waals surface area (Å²) < 4.78 is 6.12. The van der Waals surface area contributed by atoms with Crippen molar-refractivity contribution in [3.63, 3.8) is 0 Å². The smallest absolute Gasteiger partial charge is 0.137 e. The number of benzene rings is 1. The third-order valence-corrected chi connectivity index (χ3v) is 4.22. The molecule has 0 bridgehead atoms. The van der Waals surface area contributed by atoms with Gasteiger partial charge in [-0.25, -0.2) is 0 Å². The molecule has 1 aromatic carbocycles. The maximum atomic E-state index is 6.12. The van der Waals surface area contributed by atoms with Gasteiger partial charge in [0.05, 0.1) is 6.04 Å². The molecule has 0 saturated carbocycles. The fraction of sp³-hybridized carbons (Fsp3) is 0.294. The largest absolute Gasteiger partial charge is 0.459 e. The summed E-state index contributed by atoms with van der Waals surface area (Å²) in [5, 5.41) is 9.06. The zero-order chi connectivity index (χ0) is 13.9. The molecular weight excluding hydrogens is 266 g/mol. The summed E-state index contributed by atoms with van der Waals surface area (Å²) >= 11 is 1.72. The minimum absolute atomic E-state index is 0.146. The standard InChI is InChI=1S/C17H19NOS/c1-3-8-18-16(14-7-9-20-11-14)15-10-13-6-4-5-12(2)17(13)19-15/h4-7,9-11,16,18H,3,8H2,1-2H3. The molecule has 1 atom stereocenters. The fourth-order valence-electron chi connectivity index (χ4n) is 2.48. The third kappa shape index (κ3) is 2.51. The van der Waals surface area contributed by atoms with E-state index >= 15 is 0 Å². The number of thiophene rings is 1. The monoisotopic (exact) mass is 285 g/mol. The van der Waals surface area contributed by atoms with E-state index in [1.807, 2.05) is 0 Å². The first-order chi connectivity index (χ1) is 9.79. The van der Waals surface area contributed by atoms with Crippen LogP contribution in [-0.2, 0) is 0 Å². The summed E-state index contributed by atoms with van der Waals surface area (Å²) in [6.45, 7) is 5.26. The van der Waals surface area contributed by atoms with Gasteiger partial charge in [-0.2, -0.15) is 11.3 Å². The molecule has 2 aromatic heterocycles. The van der Waals surface area contributed by atoms with Gasteiger partial charge in [-0.3, -0.25) is 0 Å². The summed E-state index contributed by atoms with van der Waals surface area (Å²) in [4.78, 5) is 0. The van der Waals surface area contributed by atoms with Crippen LogP contribution in [0.1, 0.15) is 36.3 Å². The van der Waals surface area contributed by atoms with Crippen molar-refractivity contribution in [1.82, 2.24) is 5.32 Å². The SMILES string of the molecule is CCCNC(c1ccsc1)c1cc2cccc(C)c2o1. The molecule has 2 heterocycles. The zero-order valence-corrected chi connectivity index (χ0v) is 12.7. The van der Waals surface area contributed by atoms with Gasteiger partial charge < -0.3 is 9.73 Å². The molecule has 3 rings (SSSR count). The van der Waals surface area contributed by atoms with Crippen LogP contribution in [0, 0.1) is 6.92 Å². The first-order valence-electron chi connectivity index (χ1n) is 7.04. The second-order valence-electron chi connectivity index (χ2n) is 5.09. The Labute approximate surface area is 123 Å². The Morgan fingerprint density at radius 2 is 2.20 bits per heavy atom. The van der Waals surface area contributed by atoms with Crippen LogP contribution in [0.3, 0.4) is 0 Å². The van der Waals surface area contributed by atoms with E-state index in [0.717, 1.165) is 24.3 Å². The highest BCUT2D eigenvalue weighted by atomic mass is 32.1. The van der Waals surface area contributed by atoms with Gasteiger partial charge in [0.1, 0.15) is 11.3 Å². The lowest BCUT2D eigenvalue weighted by atomic mass is 10.1. The molecule has 0 aliphatic heterocycles. The second kappa shape index (κ2) is 5.81. The molecule has 2 nitrogen and oxygen atoms in total. The van der Waals surface area contributed by atoms with Gasteiger partial charge >= 0.3 is 0 Å². The van der Waals surface area contributed by atoms with Crippen LogP contribution < -0.4 is 5.32 Å². The van der Waals surface area contributed by atoms with Gasteiger partial charge in [0.2, 0.25) is 0 Å². The molecule has 3 heteroatoms. The Balaban J connectivity index is 2.02. The Morgan fingerprint density at radius 1 is 1.30 bits per heavy atom. The molecule has 0 aliphatic rings. The van der Waals surface area contributed by atoms with Crippen molar-refractivity contribution < 1.29 is 4.42 Å². The fourth-order valence-corrected chi connectivity index (χ4v) is 3.17. The molecule has 0 spiro atoms. The van der Waals surface area contributed by atoms with Crippen LogP contribution in [-0.4, -0.2) is 6.54 Å². The summed E-state index contributed by atoms with van der Waals surface area (Å²) in [5.74, 6) is 1.00. The van der Waals surface area contributed by atoms with Gasteiger partial charge in [0, 0.05) is 5.39 Å². The Hall–Kier alpha value is -1.58. The van der Waals surface area contributed by atoms with Crippen molar-refractivity contribution in [3.05, 3.63) is 58.0 Å². The number of fused-ring (bicyclic) bond motifs is 1. The van der Waals surface area contributed by atoms with E-state index in [1.54, 1.807) is 11.3 Å². The van der Waals surface area contributed by atoms with Crippen LogP contribution in [0.2, 0.25) is 0 Å². The predicted molar refractivity (Wildman–Crippen MR) is 85.4 cm³/mol. The van der Waals surface area contributed by atoms with E-state index in [-0.39, 0.29) is 6.04 Å². The number of hydrogen-bond donors (Lipinski definition) is 1. The number of hydrogen-bond acceptors (Lipinski definition) is 3. The Kier molecular flexibility index (Phi) is 3.90. The van der Waals surface area contributed by atoms with Crippen LogP contribution in [0.5, 0.6) is 0 Å². The van der Waals surface area contributed by atoms with E-state index in [9.17, 15) is 0 Å². The van der Waals surface area contributed by atoms with Crippen LogP contribution >= 0.6 is 11.3 Å². The summed E-state index contributed by atoms with van der Waals surface area (Å²) in [6.07, 6.45) is 1.11. The van der Waals surface area contributed by atoms with E-state index in [2.05, 4.69) is 60.3 Å². The highest BCUT2D eigenvalue weighted by Gasteiger charge is 2.18. The average Bonchev–Trinajstić information content (AvgIpc) is 3.09. The summed E-state index contributed by atoms with van der Waals surface area (Å²) in [6, 6.07) is 10.8. The molecule has 104 valence electrons. The van der Waals surface area contributed by atoms with Gasteiger partial charge in [0.25, 0.3) is 0 Å². The molecule has 0 aliphatic carbocycles. The lowest BCUT2D eigenvalue weighted by Crippen LogP contribution is -2.22. The van der Waals surface area contributed by atoms with Gasteiger partial charge in [-0.05, 0) is 53.9 Å². The van der Waals surface area contributed by atoms with Gasteiger partial charge in [0.15, 0.2) is 0 Å². The molecule has 1 unspecified atom stereocenters. The topological polar surface area (TPSA) is 25.2 Å². The lowest BCUT2D eigenvalue weighted by molar-refractivity contribution is 0.469. The summed E-state index contributed by atoms with van der Waals surface area (Å²) in [5.41, 5.74) is 3.47. The third-order valence-electron chi connectivity index (χ3n) is 3.52. The Bertz CT molecular complexity index is 684. The highest BCUT2D eigenvalue weighted by Crippen LogP contribution is 2.30. The maximum absolute atomic E-state index is 6.12. The molecule has 20 heavy (non-hydrogen) atoms. The van der Waals surface area contributed by atoms with Crippen molar-refractivity contribution in [2.45, 2.75) is 26.3 Å². The minimum Gasteiger partial charge on any atom is -0.459 e. The van der Waals surface area contributed by atoms with Crippen molar-refractivity contribution >= 4 is 22.3 Å². The highest BCUT2D eigenvalue weighted by molar-refractivity contribution is 7.08. The molecule has 0 radical (unpaired) electrons. The molecule has 0 saturated heterocycles. The average molecular weight is 285 g/mol. The number of rotatable bonds is 5. The number of nitrogens with one attached hydrogen (secondary N) is 1. The molecule has 0 fully saturated rings. The lowest BCUT2D eigenvalue weighted by Gasteiger charge is -2.14. The van der Waals surface area contributed by atoms with E-state index < -0.39 is 0 Å². The molecule has 3 aromatic rings. The quantitative estimate of drug-likeness (QED) is 0.722. The maximum Gasteiger partial charge on any atom is 0.137 e. The molecule has 0 amide bonds. The summed E-state index contributed by atoms with van der Waals surface area (Å²) in [7, 11) is 0. The van der Waals surface area contributed by atoms with Crippen LogP contribution in [0.4, 0.5) is 0 Å². The predicted octanol–water partition coefficient (Wildman–Crippen LogP) is 4.89. The number of furan rings is 1. The molecule has 1 N–H and O–H groups in total. The van der Waals surface area contributed by atoms with E-state index in [4.69, 9.17) is 4.42 Å². The van der Waals surface area contributed by atoms with Crippen molar-refractivity contribution in [2.24, 2.45) is 0 Å². The van der Waals surface area contributed by atoms with E-state index in [0.29, 0.717) is 0 Å². The van der Waals surface area contributed by atoms with Crippen LogP contribution in [0.15, 0.2) is 45.5 Å².